The van der Waals surface area contributed by atoms with E-state index in [1.165, 1.54) is 11.8 Å². The van der Waals surface area contributed by atoms with Crippen LogP contribution in [0.3, 0.4) is 0 Å². The highest BCUT2D eigenvalue weighted by atomic mass is 35.5. The van der Waals surface area contributed by atoms with Gasteiger partial charge in [0.05, 0.1) is 29.3 Å². The first-order valence-electron chi connectivity index (χ1n) is 10.0. The van der Waals surface area contributed by atoms with Gasteiger partial charge >= 0.3 is 0 Å². The molecule has 158 valence electrons. The third-order valence-electron chi connectivity index (χ3n) is 5.44. The Bertz CT molecular complexity index is 1270. The summed E-state index contributed by atoms with van der Waals surface area (Å²) in [5.41, 5.74) is 3.90. The molecule has 0 atom stereocenters. The summed E-state index contributed by atoms with van der Waals surface area (Å²) < 4.78 is 0.461. The van der Waals surface area contributed by atoms with Gasteiger partial charge in [-0.2, -0.15) is 0 Å². The number of halogens is 1. The Morgan fingerprint density at radius 2 is 1.38 bits per heavy atom. The number of hydrogen-bond donors (Lipinski definition) is 0. The second-order valence-corrected chi connectivity index (χ2v) is 9.56. The van der Waals surface area contributed by atoms with E-state index in [1.807, 2.05) is 66.7 Å². The number of nitrogens with zero attached hydrogens (tertiary/aromatic N) is 2. The molecule has 1 fully saturated rings. The predicted octanol–water partition coefficient (Wildman–Crippen LogP) is 5.66. The maximum absolute atomic E-state index is 13.6. The molecule has 2 amide bonds. The van der Waals surface area contributed by atoms with E-state index in [0.717, 1.165) is 22.4 Å². The molecule has 7 heteroatoms. The van der Waals surface area contributed by atoms with Gasteiger partial charge in [-0.05, 0) is 29.3 Å². The molecular formula is C25H17ClN2O2S2. The number of fused-ring (bicyclic) bond motifs is 1. The zero-order valence-electron chi connectivity index (χ0n) is 16.8. The fourth-order valence-corrected chi connectivity index (χ4v) is 5.33. The van der Waals surface area contributed by atoms with Crippen molar-refractivity contribution < 1.29 is 9.59 Å². The van der Waals surface area contributed by atoms with Crippen LogP contribution in [0.15, 0.2) is 83.8 Å². The lowest BCUT2D eigenvalue weighted by molar-refractivity contribution is -0.122. The fourth-order valence-electron chi connectivity index (χ4n) is 3.88. The van der Waals surface area contributed by atoms with Crippen molar-refractivity contribution >= 4 is 63.0 Å². The number of carbonyl (C=O) groups is 2. The van der Waals surface area contributed by atoms with Crippen LogP contribution in [0.25, 0.3) is 5.57 Å². The van der Waals surface area contributed by atoms with Crippen molar-refractivity contribution in [1.29, 1.82) is 0 Å². The lowest BCUT2D eigenvalue weighted by Crippen LogP contribution is -2.29. The molecule has 5 rings (SSSR count). The van der Waals surface area contributed by atoms with Gasteiger partial charge in [0.2, 0.25) is 0 Å². The smallest absolute Gasteiger partial charge is 0.267 e. The van der Waals surface area contributed by atoms with Crippen LogP contribution in [0.5, 0.6) is 0 Å². The molecule has 1 saturated heterocycles. The average molecular weight is 477 g/mol. The number of rotatable bonds is 4. The SMILES string of the molecule is O=C1/C(=C2/C(=O)N(Cc3ccc(Cl)cc3)c3ccccc32)SC(=S)N1Cc1ccccc1. The number of hydrogen-bond acceptors (Lipinski definition) is 4. The summed E-state index contributed by atoms with van der Waals surface area (Å²) in [5.74, 6) is -0.420. The van der Waals surface area contributed by atoms with Gasteiger partial charge in [0.15, 0.2) is 0 Å². The summed E-state index contributed by atoms with van der Waals surface area (Å²) in [7, 11) is 0. The molecule has 3 aromatic carbocycles. The number of carbonyl (C=O) groups excluding carboxylic acids is 2. The van der Waals surface area contributed by atoms with E-state index in [4.69, 9.17) is 23.8 Å². The third kappa shape index (κ3) is 3.75. The Balaban J connectivity index is 1.51. The zero-order valence-corrected chi connectivity index (χ0v) is 19.2. The molecule has 0 saturated carbocycles. The molecule has 0 N–H and O–H groups in total. The molecule has 3 aromatic rings. The Hall–Kier alpha value is -2.93. The van der Waals surface area contributed by atoms with E-state index < -0.39 is 0 Å². The lowest BCUT2D eigenvalue weighted by atomic mass is 10.1. The highest BCUT2D eigenvalue weighted by Gasteiger charge is 2.41. The Kier molecular flexibility index (Phi) is 5.59. The molecule has 0 spiro atoms. The number of anilines is 1. The first-order valence-corrected chi connectivity index (χ1v) is 11.6. The van der Waals surface area contributed by atoms with Gasteiger partial charge in [-0.15, -0.1) is 0 Å². The maximum Gasteiger partial charge on any atom is 0.267 e. The van der Waals surface area contributed by atoms with Crippen LogP contribution in [0, 0.1) is 0 Å². The monoisotopic (exact) mass is 476 g/mol. The summed E-state index contributed by atoms with van der Waals surface area (Å²) in [6.45, 7) is 0.771. The summed E-state index contributed by atoms with van der Waals surface area (Å²) in [5, 5.41) is 0.643. The molecule has 0 aromatic heterocycles. The third-order valence-corrected chi connectivity index (χ3v) is 7.14. The fraction of sp³-hybridized carbons (Fsp3) is 0.0800. The molecule has 0 unspecified atom stereocenters. The Labute approximate surface area is 200 Å². The highest BCUT2D eigenvalue weighted by molar-refractivity contribution is 8.26. The van der Waals surface area contributed by atoms with Crippen molar-refractivity contribution in [3.63, 3.8) is 0 Å². The number of para-hydroxylation sites is 1. The zero-order chi connectivity index (χ0) is 22.2. The topological polar surface area (TPSA) is 40.6 Å². The Morgan fingerprint density at radius 1 is 0.750 bits per heavy atom. The molecule has 0 radical (unpaired) electrons. The van der Waals surface area contributed by atoms with Gasteiger partial charge in [0, 0.05) is 10.6 Å². The van der Waals surface area contributed by atoms with Crippen molar-refractivity contribution in [2.45, 2.75) is 13.1 Å². The minimum atomic E-state index is -0.227. The van der Waals surface area contributed by atoms with E-state index in [-0.39, 0.29) is 11.8 Å². The van der Waals surface area contributed by atoms with Crippen molar-refractivity contribution in [3.05, 3.63) is 105 Å². The molecular weight excluding hydrogens is 460 g/mol. The molecule has 4 nitrogen and oxygen atoms in total. The van der Waals surface area contributed by atoms with Crippen LogP contribution in [0.1, 0.15) is 16.7 Å². The van der Waals surface area contributed by atoms with E-state index in [2.05, 4.69) is 0 Å². The predicted molar refractivity (Wildman–Crippen MR) is 133 cm³/mol. The van der Waals surface area contributed by atoms with Gasteiger partial charge in [-0.3, -0.25) is 14.5 Å². The molecule has 2 aliphatic rings. The average Bonchev–Trinajstić information content (AvgIpc) is 3.23. The highest BCUT2D eigenvalue weighted by Crippen LogP contribution is 2.45. The van der Waals surface area contributed by atoms with E-state index in [1.54, 1.807) is 21.9 Å². The summed E-state index contributed by atoms with van der Waals surface area (Å²) in [6.07, 6.45) is 0. The van der Waals surface area contributed by atoms with E-state index in [0.29, 0.717) is 32.9 Å². The van der Waals surface area contributed by atoms with E-state index in [9.17, 15) is 9.59 Å². The first-order chi connectivity index (χ1) is 15.5. The number of amides is 2. The van der Waals surface area contributed by atoms with Crippen molar-refractivity contribution in [2.75, 3.05) is 4.90 Å². The lowest BCUT2D eigenvalue weighted by Gasteiger charge is -2.17. The van der Waals surface area contributed by atoms with Gasteiger partial charge in [-0.25, -0.2) is 0 Å². The molecule has 0 bridgehead atoms. The molecule has 2 heterocycles. The van der Waals surface area contributed by atoms with Gasteiger partial charge < -0.3 is 4.90 Å². The first kappa shape index (κ1) is 20.9. The minimum absolute atomic E-state index is 0.193. The van der Waals surface area contributed by atoms with Crippen molar-refractivity contribution in [1.82, 2.24) is 4.90 Å². The maximum atomic E-state index is 13.6. The number of thioether (sulfide) groups is 1. The van der Waals surface area contributed by atoms with Gasteiger partial charge in [-0.1, -0.05) is 96.2 Å². The van der Waals surface area contributed by atoms with Gasteiger partial charge in [0.1, 0.15) is 4.32 Å². The van der Waals surface area contributed by atoms with Gasteiger partial charge in [0.25, 0.3) is 11.8 Å². The van der Waals surface area contributed by atoms with Crippen LogP contribution < -0.4 is 4.90 Å². The quantitative estimate of drug-likeness (QED) is 0.360. The van der Waals surface area contributed by atoms with E-state index >= 15 is 0 Å². The van der Waals surface area contributed by atoms with Crippen LogP contribution >= 0.6 is 35.6 Å². The second kappa shape index (κ2) is 8.54. The van der Waals surface area contributed by atoms with Crippen LogP contribution in [0.4, 0.5) is 5.69 Å². The number of thiocarbonyl (C=S) groups is 1. The van der Waals surface area contributed by atoms with Crippen molar-refractivity contribution in [2.24, 2.45) is 0 Å². The summed E-state index contributed by atoms with van der Waals surface area (Å²) in [4.78, 5) is 30.6. The second-order valence-electron chi connectivity index (χ2n) is 7.48. The number of benzene rings is 3. The van der Waals surface area contributed by atoms with Crippen LogP contribution in [-0.4, -0.2) is 21.0 Å². The van der Waals surface area contributed by atoms with Crippen molar-refractivity contribution in [3.8, 4) is 0 Å². The van der Waals surface area contributed by atoms with Crippen LogP contribution in [-0.2, 0) is 22.7 Å². The summed E-state index contributed by atoms with van der Waals surface area (Å²) in [6, 6.07) is 24.7. The minimum Gasteiger partial charge on any atom is -0.303 e. The largest absolute Gasteiger partial charge is 0.303 e. The summed E-state index contributed by atoms with van der Waals surface area (Å²) >= 11 is 12.7. The molecule has 2 aliphatic heterocycles. The normalized spacial score (nSPS) is 18.0. The standard InChI is InChI=1S/C25H17ClN2O2S2/c26-18-12-10-17(11-13-18)14-27-20-9-5-4-8-19(20)21(23(27)29)22-24(30)28(25(31)32-22)15-16-6-2-1-3-7-16/h1-13H,14-15H2/b22-21-. The molecule has 32 heavy (non-hydrogen) atoms. The molecule has 0 aliphatic carbocycles. The van der Waals surface area contributed by atoms with Crippen LogP contribution in [0.2, 0.25) is 5.02 Å². The Morgan fingerprint density at radius 3 is 2.12 bits per heavy atom.